The number of carbonyl (C=O) groups is 3. The van der Waals surface area contributed by atoms with Gasteiger partial charge >= 0.3 is 6.03 Å². The number of hydrogen-bond acceptors (Lipinski definition) is 6. The minimum atomic E-state index is -0.359. The minimum Gasteiger partial charge on any atom is -0.347 e. The third kappa shape index (κ3) is 4.45. The molecule has 0 saturated heterocycles. The molecule has 3 amide bonds. The Kier molecular flexibility index (Phi) is 5.41. The minimum absolute atomic E-state index is 0.187. The van der Waals surface area contributed by atoms with Gasteiger partial charge in [-0.05, 0) is 29.8 Å². The van der Waals surface area contributed by atoms with Crippen LogP contribution in [0, 0.1) is 0 Å². The number of rotatable bonds is 5. The molecule has 0 atom stereocenters. The van der Waals surface area contributed by atoms with Crippen LogP contribution in [0.25, 0.3) is 10.2 Å². The van der Waals surface area contributed by atoms with Crippen molar-refractivity contribution >= 4 is 44.9 Å². The fourth-order valence-electron chi connectivity index (χ4n) is 2.25. The zero-order valence-electron chi connectivity index (χ0n) is 14.7. The molecule has 0 radical (unpaired) electrons. The van der Waals surface area contributed by atoms with E-state index in [-0.39, 0.29) is 23.3 Å². The van der Waals surface area contributed by atoms with Gasteiger partial charge in [-0.3, -0.25) is 14.9 Å². The van der Waals surface area contributed by atoms with Crippen molar-refractivity contribution in [3.63, 3.8) is 0 Å². The molecule has 0 aliphatic carbocycles. The average molecular weight is 383 g/mol. The van der Waals surface area contributed by atoms with Crippen LogP contribution in [0.3, 0.4) is 0 Å². The lowest BCUT2D eigenvalue weighted by Crippen LogP contribution is -2.27. The number of fused-ring (bicyclic) bond motifs is 1. The molecule has 0 aliphatic rings. The van der Waals surface area contributed by atoms with E-state index in [1.807, 2.05) is 18.2 Å². The highest BCUT2D eigenvalue weighted by atomic mass is 32.1. The standard InChI is InChI=1S/C18H17N5O3S/c1-23(2)18(26)22-17-21-13-7-6-11(8-15(13)27-17)9-19-16(25)14-5-3-4-12(10-24)20-14/h3-8,10H,9H2,1-2H3,(H,19,25)(H,21,22,26). The summed E-state index contributed by atoms with van der Waals surface area (Å²) < 4.78 is 0.900. The number of nitrogens with zero attached hydrogens (tertiary/aromatic N) is 3. The predicted octanol–water partition coefficient (Wildman–Crippen LogP) is 2.53. The molecule has 0 saturated carbocycles. The van der Waals surface area contributed by atoms with Crippen molar-refractivity contribution in [1.82, 2.24) is 20.2 Å². The molecule has 0 aliphatic heterocycles. The fourth-order valence-corrected chi connectivity index (χ4v) is 3.17. The van der Waals surface area contributed by atoms with E-state index in [2.05, 4.69) is 20.6 Å². The number of hydrogen-bond donors (Lipinski definition) is 2. The first-order valence-corrected chi connectivity index (χ1v) is 8.86. The lowest BCUT2D eigenvalue weighted by molar-refractivity contribution is 0.0946. The first kappa shape index (κ1) is 18.5. The highest BCUT2D eigenvalue weighted by Gasteiger charge is 2.11. The van der Waals surface area contributed by atoms with Gasteiger partial charge in [0.25, 0.3) is 5.91 Å². The van der Waals surface area contributed by atoms with Crippen molar-refractivity contribution in [2.24, 2.45) is 0 Å². The van der Waals surface area contributed by atoms with E-state index in [1.165, 1.54) is 22.3 Å². The fraction of sp³-hybridized carbons (Fsp3) is 0.167. The number of carbonyl (C=O) groups excluding carboxylic acids is 3. The molecule has 8 nitrogen and oxygen atoms in total. The highest BCUT2D eigenvalue weighted by Crippen LogP contribution is 2.27. The lowest BCUT2D eigenvalue weighted by Gasteiger charge is -2.08. The number of nitrogens with one attached hydrogen (secondary N) is 2. The number of benzene rings is 1. The van der Waals surface area contributed by atoms with Gasteiger partial charge in [-0.2, -0.15) is 0 Å². The van der Waals surface area contributed by atoms with Crippen LogP contribution in [-0.4, -0.2) is 47.2 Å². The molecule has 9 heteroatoms. The van der Waals surface area contributed by atoms with Gasteiger partial charge in [0.15, 0.2) is 11.4 Å². The molecule has 0 bridgehead atoms. The normalized spacial score (nSPS) is 10.4. The van der Waals surface area contributed by atoms with Crippen LogP contribution in [0.5, 0.6) is 0 Å². The van der Waals surface area contributed by atoms with Gasteiger partial charge in [0.1, 0.15) is 11.4 Å². The number of anilines is 1. The smallest absolute Gasteiger partial charge is 0.323 e. The Labute approximate surface area is 159 Å². The maximum Gasteiger partial charge on any atom is 0.323 e. The molecule has 3 rings (SSSR count). The summed E-state index contributed by atoms with van der Waals surface area (Å²) in [5.74, 6) is -0.359. The molecule has 2 heterocycles. The summed E-state index contributed by atoms with van der Waals surface area (Å²) in [4.78, 5) is 44.4. The monoisotopic (exact) mass is 383 g/mol. The number of aromatic nitrogens is 2. The molecule has 0 spiro atoms. The van der Waals surface area contributed by atoms with Crippen molar-refractivity contribution in [3.05, 3.63) is 53.3 Å². The predicted molar refractivity (Wildman–Crippen MR) is 103 cm³/mol. The lowest BCUT2D eigenvalue weighted by atomic mass is 10.2. The molecular weight excluding hydrogens is 366 g/mol. The molecular formula is C18H17N5O3S. The summed E-state index contributed by atoms with van der Waals surface area (Å²) in [5, 5.41) is 6.01. The summed E-state index contributed by atoms with van der Waals surface area (Å²) >= 11 is 1.36. The third-order valence-corrected chi connectivity index (χ3v) is 4.58. The van der Waals surface area contributed by atoms with Crippen molar-refractivity contribution in [1.29, 1.82) is 0 Å². The molecule has 2 N–H and O–H groups in total. The second-order valence-electron chi connectivity index (χ2n) is 5.89. The maximum absolute atomic E-state index is 12.2. The van der Waals surface area contributed by atoms with Crippen LogP contribution in [-0.2, 0) is 6.54 Å². The van der Waals surface area contributed by atoms with Gasteiger partial charge in [-0.1, -0.05) is 23.5 Å². The van der Waals surface area contributed by atoms with E-state index in [4.69, 9.17) is 0 Å². The van der Waals surface area contributed by atoms with Crippen LogP contribution >= 0.6 is 11.3 Å². The molecule has 27 heavy (non-hydrogen) atoms. The molecule has 0 unspecified atom stereocenters. The number of amides is 3. The molecule has 0 fully saturated rings. The van der Waals surface area contributed by atoms with Crippen LogP contribution in [0.2, 0.25) is 0 Å². The highest BCUT2D eigenvalue weighted by molar-refractivity contribution is 7.22. The number of thiazole rings is 1. The van der Waals surface area contributed by atoms with Crippen LogP contribution in [0.4, 0.5) is 9.93 Å². The molecule has 138 valence electrons. The summed E-state index contributed by atoms with van der Waals surface area (Å²) in [6, 6.07) is 10.1. The summed E-state index contributed by atoms with van der Waals surface area (Å²) in [7, 11) is 3.31. The number of aldehydes is 1. The van der Waals surface area contributed by atoms with E-state index >= 15 is 0 Å². The van der Waals surface area contributed by atoms with Gasteiger partial charge in [0.05, 0.1) is 10.2 Å². The van der Waals surface area contributed by atoms with Gasteiger partial charge in [-0.25, -0.2) is 14.8 Å². The van der Waals surface area contributed by atoms with Gasteiger partial charge in [0.2, 0.25) is 0 Å². The van der Waals surface area contributed by atoms with E-state index in [0.29, 0.717) is 18.0 Å². The average Bonchev–Trinajstić information content (AvgIpc) is 3.07. The zero-order valence-corrected chi connectivity index (χ0v) is 15.5. The van der Waals surface area contributed by atoms with Crippen molar-refractivity contribution in [2.75, 3.05) is 19.4 Å². The molecule has 1 aromatic carbocycles. The van der Waals surface area contributed by atoms with Crippen LogP contribution in [0.15, 0.2) is 36.4 Å². The zero-order chi connectivity index (χ0) is 19.4. The summed E-state index contributed by atoms with van der Waals surface area (Å²) in [5.41, 5.74) is 2.05. The van der Waals surface area contributed by atoms with Crippen molar-refractivity contribution < 1.29 is 14.4 Å². The molecule has 2 aromatic heterocycles. The quantitative estimate of drug-likeness (QED) is 0.659. The maximum atomic E-state index is 12.2. The van der Waals surface area contributed by atoms with Crippen LogP contribution in [0.1, 0.15) is 26.5 Å². The first-order chi connectivity index (χ1) is 13.0. The van der Waals surface area contributed by atoms with E-state index in [1.54, 1.807) is 26.2 Å². The van der Waals surface area contributed by atoms with Crippen LogP contribution < -0.4 is 10.6 Å². The topological polar surface area (TPSA) is 104 Å². The Morgan fingerprint density at radius 1 is 1.19 bits per heavy atom. The van der Waals surface area contributed by atoms with E-state index < -0.39 is 0 Å². The van der Waals surface area contributed by atoms with Crippen molar-refractivity contribution in [3.8, 4) is 0 Å². The van der Waals surface area contributed by atoms with Gasteiger partial charge in [0, 0.05) is 20.6 Å². The molecule has 3 aromatic rings. The van der Waals surface area contributed by atoms with Crippen molar-refractivity contribution in [2.45, 2.75) is 6.54 Å². The SMILES string of the molecule is CN(C)C(=O)Nc1nc2ccc(CNC(=O)c3cccc(C=O)n3)cc2s1. The van der Waals surface area contributed by atoms with E-state index in [9.17, 15) is 14.4 Å². The summed E-state index contributed by atoms with van der Waals surface area (Å²) in [6.07, 6.45) is 0.598. The first-order valence-electron chi connectivity index (χ1n) is 8.04. The second kappa shape index (κ2) is 7.92. The third-order valence-electron chi connectivity index (χ3n) is 3.65. The Balaban J connectivity index is 1.69. The van der Waals surface area contributed by atoms with Gasteiger partial charge < -0.3 is 10.2 Å². The van der Waals surface area contributed by atoms with E-state index in [0.717, 1.165) is 15.8 Å². The number of urea groups is 1. The Hall–Kier alpha value is -3.33. The Bertz CT molecular complexity index is 1020. The Morgan fingerprint density at radius 2 is 2.00 bits per heavy atom. The largest absolute Gasteiger partial charge is 0.347 e. The number of pyridine rings is 1. The second-order valence-corrected chi connectivity index (χ2v) is 6.92. The Morgan fingerprint density at radius 3 is 2.74 bits per heavy atom. The summed E-state index contributed by atoms with van der Waals surface area (Å²) in [6.45, 7) is 0.305. The van der Waals surface area contributed by atoms with Gasteiger partial charge in [-0.15, -0.1) is 0 Å².